The molecule has 0 aliphatic rings. The number of pyridine rings is 1. The third kappa shape index (κ3) is 3.62. The van der Waals surface area contributed by atoms with Crippen LogP contribution in [-0.4, -0.2) is 20.7 Å². The molecular formula is C16H12BrFN4O. The van der Waals surface area contributed by atoms with E-state index in [2.05, 4.69) is 31.3 Å². The van der Waals surface area contributed by atoms with Gasteiger partial charge in [0.2, 0.25) is 0 Å². The highest BCUT2D eigenvalue weighted by atomic mass is 79.9. The highest BCUT2D eigenvalue weighted by molar-refractivity contribution is 9.10. The molecule has 2 heterocycles. The van der Waals surface area contributed by atoms with Crippen LogP contribution in [0.25, 0.3) is 0 Å². The summed E-state index contributed by atoms with van der Waals surface area (Å²) in [6, 6.07) is 9.72. The Kier molecular flexibility index (Phi) is 4.47. The Morgan fingerprint density at radius 3 is 2.70 bits per heavy atom. The number of rotatable bonds is 4. The van der Waals surface area contributed by atoms with Gasteiger partial charge >= 0.3 is 0 Å². The van der Waals surface area contributed by atoms with E-state index in [9.17, 15) is 9.18 Å². The Morgan fingerprint density at radius 2 is 1.96 bits per heavy atom. The van der Waals surface area contributed by atoms with Crippen LogP contribution < -0.4 is 5.32 Å². The molecule has 0 aliphatic carbocycles. The van der Waals surface area contributed by atoms with Gasteiger partial charge in [0, 0.05) is 29.7 Å². The van der Waals surface area contributed by atoms with Crippen LogP contribution >= 0.6 is 15.9 Å². The van der Waals surface area contributed by atoms with E-state index < -0.39 is 0 Å². The summed E-state index contributed by atoms with van der Waals surface area (Å²) >= 11 is 3.35. The van der Waals surface area contributed by atoms with E-state index in [-0.39, 0.29) is 18.3 Å². The van der Waals surface area contributed by atoms with Crippen molar-refractivity contribution in [3.63, 3.8) is 0 Å². The summed E-state index contributed by atoms with van der Waals surface area (Å²) in [5.74, 6) is -0.200. The van der Waals surface area contributed by atoms with Gasteiger partial charge in [-0.2, -0.15) is 5.10 Å². The topological polar surface area (TPSA) is 59.8 Å². The summed E-state index contributed by atoms with van der Waals surface area (Å²) in [7, 11) is 0. The van der Waals surface area contributed by atoms with E-state index in [1.54, 1.807) is 53.6 Å². The summed E-state index contributed by atoms with van der Waals surface area (Å²) in [4.78, 5) is 16.0. The van der Waals surface area contributed by atoms with Gasteiger partial charge in [-0.1, -0.05) is 18.2 Å². The lowest BCUT2D eigenvalue weighted by Crippen LogP contribution is -2.13. The normalized spacial score (nSPS) is 10.5. The molecule has 0 radical (unpaired) electrons. The summed E-state index contributed by atoms with van der Waals surface area (Å²) in [6.45, 7) is 0.274. The van der Waals surface area contributed by atoms with Crippen molar-refractivity contribution in [3.8, 4) is 0 Å². The number of hydrogen-bond donors (Lipinski definition) is 1. The van der Waals surface area contributed by atoms with Crippen LogP contribution in [0, 0.1) is 5.82 Å². The lowest BCUT2D eigenvalue weighted by molar-refractivity contribution is 0.102. The van der Waals surface area contributed by atoms with Gasteiger partial charge in [-0.05, 0) is 34.1 Å². The molecule has 116 valence electrons. The molecule has 23 heavy (non-hydrogen) atoms. The fourth-order valence-electron chi connectivity index (χ4n) is 2.05. The molecule has 1 N–H and O–H groups in total. The first kappa shape index (κ1) is 15.4. The second kappa shape index (κ2) is 6.70. The molecule has 1 amide bonds. The number of carbonyl (C=O) groups excluding carboxylic acids is 1. The predicted octanol–water partition coefficient (Wildman–Crippen LogP) is 3.48. The number of halogens is 2. The standard InChI is InChI=1S/C16H12BrFN4O/c17-13-10-22(9-12-3-1-2-4-14(12)18)21-15(13)20-16(23)11-5-7-19-8-6-11/h1-8,10H,9H2,(H,20,21,23). The molecule has 0 bridgehead atoms. The maximum absolute atomic E-state index is 13.7. The van der Waals surface area contributed by atoms with Crippen molar-refractivity contribution in [1.82, 2.24) is 14.8 Å². The first-order valence-electron chi connectivity index (χ1n) is 6.81. The van der Waals surface area contributed by atoms with Gasteiger partial charge in [0.25, 0.3) is 5.91 Å². The van der Waals surface area contributed by atoms with Crippen LogP contribution in [0.5, 0.6) is 0 Å². The zero-order valence-electron chi connectivity index (χ0n) is 11.9. The molecular weight excluding hydrogens is 363 g/mol. The lowest BCUT2D eigenvalue weighted by atomic mass is 10.2. The minimum Gasteiger partial charge on any atom is -0.304 e. The van der Waals surface area contributed by atoms with Gasteiger partial charge in [0.1, 0.15) is 5.82 Å². The largest absolute Gasteiger partial charge is 0.304 e. The molecule has 2 aromatic heterocycles. The number of anilines is 1. The molecule has 0 atom stereocenters. The quantitative estimate of drug-likeness (QED) is 0.760. The van der Waals surface area contributed by atoms with Gasteiger partial charge < -0.3 is 5.32 Å². The molecule has 1 aromatic carbocycles. The molecule has 0 saturated carbocycles. The van der Waals surface area contributed by atoms with Crippen LogP contribution in [0.2, 0.25) is 0 Å². The number of carbonyl (C=O) groups is 1. The van der Waals surface area contributed by atoms with Gasteiger partial charge in [0.15, 0.2) is 5.82 Å². The van der Waals surface area contributed by atoms with Crippen LogP contribution in [0.1, 0.15) is 15.9 Å². The third-order valence-electron chi connectivity index (χ3n) is 3.18. The lowest BCUT2D eigenvalue weighted by Gasteiger charge is -2.04. The van der Waals surface area contributed by atoms with E-state index in [4.69, 9.17) is 0 Å². The first-order valence-corrected chi connectivity index (χ1v) is 7.60. The second-order valence-electron chi connectivity index (χ2n) is 4.80. The van der Waals surface area contributed by atoms with Crippen molar-refractivity contribution >= 4 is 27.7 Å². The average Bonchev–Trinajstić information content (AvgIpc) is 2.90. The summed E-state index contributed by atoms with van der Waals surface area (Å²) in [5, 5.41) is 6.98. The molecule has 0 aliphatic heterocycles. The van der Waals surface area contributed by atoms with E-state index >= 15 is 0 Å². The number of amides is 1. The SMILES string of the molecule is O=C(Nc1nn(Cc2ccccc2F)cc1Br)c1ccncc1. The zero-order valence-corrected chi connectivity index (χ0v) is 13.5. The monoisotopic (exact) mass is 374 g/mol. The van der Waals surface area contributed by atoms with E-state index in [1.165, 1.54) is 6.07 Å². The van der Waals surface area contributed by atoms with Crippen LogP contribution in [0.15, 0.2) is 59.5 Å². The molecule has 0 spiro atoms. The van der Waals surface area contributed by atoms with Crippen molar-refractivity contribution in [2.75, 3.05) is 5.32 Å². The van der Waals surface area contributed by atoms with Crippen molar-refractivity contribution in [3.05, 3.63) is 76.4 Å². The molecule has 3 aromatic rings. The molecule has 3 rings (SSSR count). The van der Waals surface area contributed by atoms with Gasteiger partial charge in [-0.25, -0.2) is 4.39 Å². The summed E-state index contributed by atoms with van der Waals surface area (Å²) in [6.07, 6.45) is 4.77. The molecule has 0 saturated heterocycles. The number of nitrogens with one attached hydrogen (secondary N) is 1. The maximum Gasteiger partial charge on any atom is 0.257 e. The predicted molar refractivity (Wildman–Crippen MR) is 87.6 cm³/mol. The number of hydrogen-bond acceptors (Lipinski definition) is 3. The molecule has 0 fully saturated rings. The minimum atomic E-state index is -0.290. The van der Waals surface area contributed by atoms with E-state index in [0.29, 0.717) is 21.4 Å². The van der Waals surface area contributed by atoms with Crippen molar-refractivity contribution in [2.24, 2.45) is 0 Å². The van der Waals surface area contributed by atoms with Gasteiger partial charge in [-0.3, -0.25) is 14.5 Å². The van der Waals surface area contributed by atoms with Crippen LogP contribution in [0.4, 0.5) is 10.2 Å². The van der Waals surface area contributed by atoms with Crippen LogP contribution in [-0.2, 0) is 6.54 Å². The van der Waals surface area contributed by atoms with Crippen molar-refractivity contribution in [2.45, 2.75) is 6.54 Å². The second-order valence-corrected chi connectivity index (χ2v) is 5.66. The number of nitrogens with zero attached hydrogens (tertiary/aromatic N) is 3. The Hall–Kier alpha value is -2.54. The molecule has 5 nitrogen and oxygen atoms in total. The van der Waals surface area contributed by atoms with Gasteiger partial charge in [-0.15, -0.1) is 0 Å². The fourth-order valence-corrected chi connectivity index (χ4v) is 2.46. The Labute approximate surface area is 140 Å². The fraction of sp³-hybridized carbons (Fsp3) is 0.0625. The molecule has 7 heteroatoms. The smallest absolute Gasteiger partial charge is 0.257 e. The summed E-state index contributed by atoms with van der Waals surface area (Å²) in [5.41, 5.74) is 1.00. The first-order chi connectivity index (χ1) is 11.1. The Morgan fingerprint density at radius 1 is 1.22 bits per heavy atom. The highest BCUT2D eigenvalue weighted by Gasteiger charge is 2.12. The summed E-state index contributed by atoms with van der Waals surface area (Å²) < 4.78 is 15.9. The van der Waals surface area contributed by atoms with Gasteiger partial charge in [0.05, 0.1) is 11.0 Å². The van der Waals surface area contributed by atoms with Crippen LogP contribution in [0.3, 0.4) is 0 Å². The van der Waals surface area contributed by atoms with Crippen molar-refractivity contribution < 1.29 is 9.18 Å². The molecule has 0 unspecified atom stereocenters. The van der Waals surface area contributed by atoms with E-state index in [0.717, 1.165) is 0 Å². The zero-order chi connectivity index (χ0) is 16.2. The number of aromatic nitrogens is 3. The third-order valence-corrected chi connectivity index (χ3v) is 3.76. The maximum atomic E-state index is 13.7. The minimum absolute atomic E-state index is 0.274. The Bertz CT molecular complexity index is 835. The highest BCUT2D eigenvalue weighted by Crippen LogP contribution is 2.21. The van der Waals surface area contributed by atoms with Crippen molar-refractivity contribution in [1.29, 1.82) is 0 Å². The Balaban J connectivity index is 1.76. The van der Waals surface area contributed by atoms with E-state index in [1.807, 2.05) is 0 Å². The number of benzene rings is 1. The average molecular weight is 375 g/mol.